The van der Waals surface area contributed by atoms with Gasteiger partial charge in [0.25, 0.3) is 0 Å². The first kappa shape index (κ1) is 10.5. The first-order valence-corrected chi connectivity index (χ1v) is 5.90. The normalized spacial score (nSPS) is 38.2. The van der Waals surface area contributed by atoms with Crippen LogP contribution in [0.2, 0.25) is 0 Å². The molecular formula is C13H15N3O. The SMILES string of the molecule is NC(=O)C1=CN=CCC2C1NC1C=CC=CC12. The Kier molecular flexibility index (Phi) is 2.44. The zero-order valence-electron chi connectivity index (χ0n) is 9.41. The third-order valence-corrected chi connectivity index (χ3v) is 3.79. The van der Waals surface area contributed by atoms with Gasteiger partial charge in [-0.25, -0.2) is 0 Å². The molecule has 1 fully saturated rings. The highest BCUT2D eigenvalue weighted by atomic mass is 16.1. The molecular weight excluding hydrogens is 214 g/mol. The van der Waals surface area contributed by atoms with Gasteiger partial charge in [-0.1, -0.05) is 24.3 Å². The van der Waals surface area contributed by atoms with Gasteiger partial charge >= 0.3 is 0 Å². The molecule has 2 aliphatic heterocycles. The molecule has 3 rings (SSSR count). The predicted octanol–water partition coefficient (Wildman–Crippen LogP) is 0.529. The Labute approximate surface area is 100.0 Å². The Morgan fingerprint density at radius 1 is 1.41 bits per heavy atom. The summed E-state index contributed by atoms with van der Waals surface area (Å²) in [6, 6.07) is 0.335. The summed E-state index contributed by atoms with van der Waals surface area (Å²) in [5.41, 5.74) is 6.02. The van der Waals surface area contributed by atoms with Crippen molar-refractivity contribution in [2.45, 2.75) is 18.5 Å². The van der Waals surface area contributed by atoms with Gasteiger partial charge in [0.1, 0.15) is 0 Å². The minimum atomic E-state index is -0.377. The molecule has 4 nitrogen and oxygen atoms in total. The molecule has 0 aromatic carbocycles. The lowest BCUT2D eigenvalue weighted by Crippen LogP contribution is -2.37. The molecule has 1 aliphatic carbocycles. The highest BCUT2D eigenvalue weighted by Crippen LogP contribution is 2.37. The van der Waals surface area contributed by atoms with Crippen molar-refractivity contribution in [3.8, 4) is 0 Å². The van der Waals surface area contributed by atoms with Crippen LogP contribution in [0.4, 0.5) is 0 Å². The molecule has 3 N–H and O–H groups in total. The third kappa shape index (κ3) is 1.65. The summed E-state index contributed by atoms with van der Waals surface area (Å²) in [4.78, 5) is 15.6. The fourth-order valence-corrected chi connectivity index (χ4v) is 2.98. The number of nitrogens with zero attached hydrogens (tertiary/aromatic N) is 1. The lowest BCUT2D eigenvalue weighted by molar-refractivity contribution is -0.115. The van der Waals surface area contributed by atoms with E-state index in [4.69, 9.17) is 5.73 Å². The summed E-state index contributed by atoms with van der Waals surface area (Å²) in [7, 11) is 0. The van der Waals surface area contributed by atoms with Crippen LogP contribution >= 0.6 is 0 Å². The van der Waals surface area contributed by atoms with Gasteiger partial charge in [-0.2, -0.15) is 0 Å². The molecule has 0 bridgehead atoms. The number of rotatable bonds is 1. The van der Waals surface area contributed by atoms with E-state index in [0.29, 0.717) is 23.5 Å². The van der Waals surface area contributed by atoms with Gasteiger partial charge in [0.15, 0.2) is 0 Å². The number of nitrogens with one attached hydrogen (secondary N) is 1. The van der Waals surface area contributed by atoms with Crippen LogP contribution in [0.3, 0.4) is 0 Å². The lowest BCUT2D eigenvalue weighted by Gasteiger charge is -2.21. The van der Waals surface area contributed by atoms with Crippen molar-refractivity contribution in [3.05, 3.63) is 36.1 Å². The molecule has 0 aromatic heterocycles. The van der Waals surface area contributed by atoms with Crippen LogP contribution in [-0.2, 0) is 4.79 Å². The quantitative estimate of drug-likeness (QED) is 0.688. The van der Waals surface area contributed by atoms with Crippen LogP contribution < -0.4 is 11.1 Å². The van der Waals surface area contributed by atoms with E-state index in [2.05, 4.69) is 28.5 Å². The van der Waals surface area contributed by atoms with Gasteiger partial charge in [0, 0.05) is 30.4 Å². The maximum absolute atomic E-state index is 11.5. The molecule has 0 aromatic rings. The number of carbonyl (C=O) groups is 1. The molecule has 2 heterocycles. The maximum Gasteiger partial charge on any atom is 0.247 e. The van der Waals surface area contributed by atoms with Gasteiger partial charge < -0.3 is 11.1 Å². The first-order valence-electron chi connectivity index (χ1n) is 5.90. The number of hydrogen-bond donors (Lipinski definition) is 2. The summed E-state index contributed by atoms with van der Waals surface area (Å²) < 4.78 is 0. The molecule has 88 valence electrons. The molecule has 0 radical (unpaired) electrons. The monoisotopic (exact) mass is 229 g/mol. The van der Waals surface area contributed by atoms with Crippen molar-refractivity contribution in [2.75, 3.05) is 0 Å². The molecule has 4 atom stereocenters. The minimum absolute atomic E-state index is 0.0254. The number of amides is 1. The average molecular weight is 229 g/mol. The van der Waals surface area contributed by atoms with Gasteiger partial charge in [0.2, 0.25) is 5.91 Å². The van der Waals surface area contributed by atoms with Crippen molar-refractivity contribution in [3.63, 3.8) is 0 Å². The van der Waals surface area contributed by atoms with Crippen LogP contribution in [0.1, 0.15) is 6.42 Å². The van der Waals surface area contributed by atoms with Crippen molar-refractivity contribution < 1.29 is 4.79 Å². The summed E-state index contributed by atoms with van der Waals surface area (Å²) >= 11 is 0. The summed E-state index contributed by atoms with van der Waals surface area (Å²) in [6.07, 6.45) is 12.8. The fraction of sp³-hybridized carbons (Fsp3) is 0.385. The molecule has 4 heteroatoms. The fourth-order valence-electron chi connectivity index (χ4n) is 2.98. The van der Waals surface area contributed by atoms with Gasteiger partial charge in [-0.3, -0.25) is 9.79 Å². The van der Waals surface area contributed by atoms with Gasteiger partial charge in [0.05, 0.1) is 5.57 Å². The molecule has 4 unspecified atom stereocenters. The number of hydrogen-bond acceptors (Lipinski definition) is 3. The second-order valence-corrected chi connectivity index (χ2v) is 4.70. The molecule has 1 saturated heterocycles. The predicted molar refractivity (Wildman–Crippen MR) is 66.4 cm³/mol. The summed E-state index contributed by atoms with van der Waals surface area (Å²) in [5, 5.41) is 3.48. The zero-order chi connectivity index (χ0) is 11.8. The first-order chi connectivity index (χ1) is 8.27. The van der Waals surface area contributed by atoms with E-state index in [1.54, 1.807) is 6.20 Å². The summed E-state index contributed by atoms with van der Waals surface area (Å²) in [5.74, 6) is 0.418. The van der Waals surface area contributed by atoms with Crippen molar-refractivity contribution in [2.24, 2.45) is 22.6 Å². The lowest BCUT2D eigenvalue weighted by atomic mass is 9.81. The van der Waals surface area contributed by atoms with Crippen molar-refractivity contribution in [1.82, 2.24) is 5.32 Å². The van der Waals surface area contributed by atoms with Crippen LogP contribution in [0.5, 0.6) is 0 Å². The Morgan fingerprint density at radius 3 is 3.06 bits per heavy atom. The standard InChI is InChI=1S/C13H15N3O/c14-13(17)10-7-15-6-5-9-8-3-1-2-4-11(8)16-12(9)10/h1-4,6-9,11-12,16H,5H2,(H2,14,17). The topological polar surface area (TPSA) is 67.5 Å². The van der Waals surface area contributed by atoms with E-state index in [-0.39, 0.29) is 11.9 Å². The number of aliphatic imine (C=N–C) groups is 1. The Morgan fingerprint density at radius 2 is 2.24 bits per heavy atom. The van der Waals surface area contributed by atoms with Gasteiger partial charge in [-0.15, -0.1) is 0 Å². The van der Waals surface area contributed by atoms with Crippen LogP contribution in [-0.4, -0.2) is 24.2 Å². The second-order valence-electron chi connectivity index (χ2n) is 4.70. The second kappa shape index (κ2) is 3.96. The molecule has 0 saturated carbocycles. The van der Waals surface area contributed by atoms with Crippen molar-refractivity contribution in [1.29, 1.82) is 0 Å². The third-order valence-electron chi connectivity index (χ3n) is 3.79. The maximum atomic E-state index is 11.5. The average Bonchev–Trinajstić information content (AvgIpc) is 2.54. The van der Waals surface area contributed by atoms with E-state index in [1.807, 2.05) is 12.3 Å². The zero-order valence-corrected chi connectivity index (χ0v) is 9.41. The largest absolute Gasteiger partial charge is 0.366 e. The molecule has 1 amide bonds. The van der Waals surface area contributed by atoms with Crippen LogP contribution in [0, 0.1) is 11.8 Å². The minimum Gasteiger partial charge on any atom is -0.366 e. The molecule has 0 spiro atoms. The van der Waals surface area contributed by atoms with Crippen LogP contribution in [0.15, 0.2) is 41.1 Å². The number of allylic oxidation sites excluding steroid dienone is 2. The number of carbonyl (C=O) groups excluding carboxylic acids is 1. The Balaban J connectivity index is 1.96. The Hall–Kier alpha value is -1.68. The van der Waals surface area contributed by atoms with E-state index >= 15 is 0 Å². The number of fused-ring (bicyclic) bond motifs is 3. The number of nitrogens with two attached hydrogens (primary N) is 1. The highest BCUT2D eigenvalue weighted by Gasteiger charge is 2.43. The number of primary amides is 1. The van der Waals surface area contributed by atoms with Crippen molar-refractivity contribution >= 4 is 12.1 Å². The highest BCUT2D eigenvalue weighted by molar-refractivity contribution is 5.94. The van der Waals surface area contributed by atoms with E-state index in [9.17, 15) is 4.79 Å². The van der Waals surface area contributed by atoms with Gasteiger partial charge in [-0.05, 0) is 12.3 Å². The molecule has 3 aliphatic rings. The summed E-state index contributed by atoms with van der Waals surface area (Å²) in [6.45, 7) is 0. The van der Waals surface area contributed by atoms with E-state index < -0.39 is 0 Å². The molecule has 17 heavy (non-hydrogen) atoms. The van der Waals surface area contributed by atoms with E-state index in [0.717, 1.165) is 6.42 Å². The Bertz CT molecular complexity index is 461. The van der Waals surface area contributed by atoms with Crippen LogP contribution in [0.25, 0.3) is 0 Å². The van der Waals surface area contributed by atoms with E-state index in [1.165, 1.54) is 0 Å². The smallest absolute Gasteiger partial charge is 0.247 e.